The Labute approximate surface area is 116 Å². The van der Waals surface area contributed by atoms with Gasteiger partial charge in [0.25, 0.3) is 0 Å². The summed E-state index contributed by atoms with van der Waals surface area (Å²) in [4.78, 5) is 15.4. The van der Waals surface area contributed by atoms with E-state index in [2.05, 4.69) is 10.3 Å². The first-order chi connectivity index (χ1) is 9.63. The van der Waals surface area contributed by atoms with Gasteiger partial charge in [0, 0.05) is 5.39 Å². The Balaban J connectivity index is 2.10. The molecule has 104 valence electrons. The summed E-state index contributed by atoms with van der Waals surface area (Å²) < 4.78 is 0. The summed E-state index contributed by atoms with van der Waals surface area (Å²) >= 11 is 0. The molecule has 2 aromatic rings. The van der Waals surface area contributed by atoms with Crippen molar-refractivity contribution in [1.29, 1.82) is 0 Å². The first kappa shape index (κ1) is 12.9. The molecule has 20 heavy (non-hydrogen) atoms. The van der Waals surface area contributed by atoms with E-state index >= 15 is 0 Å². The Morgan fingerprint density at radius 3 is 2.70 bits per heavy atom. The van der Waals surface area contributed by atoms with Crippen LogP contribution in [0, 0.1) is 0 Å². The van der Waals surface area contributed by atoms with Crippen molar-refractivity contribution in [2.45, 2.75) is 24.8 Å². The van der Waals surface area contributed by atoms with Crippen molar-refractivity contribution in [3.8, 4) is 0 Å². The van der Waals surface area contributed by atoms with Gasteiger partial charge in [-0.05, 0) is 30.7 Å². The van der Waals surface area contributed by atoms with Crippen LogP contribution in [0.4, 0.5) is 5.82 Å². The van der Waals surface area contributed by atoms with Crippen LogP contribution in [0.5, 0.6) is 0 Å². The molecule has 5 heteroatoms. The van der Waals surface area contributed by atoms with Crippen molar-refractivity contribution in [3.63, 3.8) is 0 Å². The molecule has 0 bridgehead atoms. The molecule has 0 radical (unpaired) electrons. The van der Waals surface area contributed by atoms with E-state index in [1.165, 1.54) is 0 Å². The molecule has 0 amide bonds. The van der Waals surface area contributed by atoms with Gasteiger partial charge in [-0.2, -0.15) is 0 Å². The van der Waals surface area contributed by atoms with Gasteiger partial charge < -0.3 is 15.5 Å². The van der Waals surface area contributed by atoms with E-state index in [9.17, 15) is 9.90 Å². The fourth-order valence-electron chi connectivity index (χ4n) is 2.58. The smallest absolute Gasteiger partial charge is 0.354 e. The summed E-state index contributed by atoms with van der Waals surface area (Å²) in [6.45, 7) is 0.0281. The van der Waals surface area contributed by atoms with Crippen LogP contribution in [0.3, 0.4) is 0 Å². The first-order valence-corrected chi connectivity index (χ1v) is 6.66. The SMILES string of the molecule is O=C(O)c1cc2ccccc2c(NC2(CO)CCC2)n1. The van der Waals surface area contributed by atoms with E-state index in [4.69, 9.17) is 5.11 Å². The zero-order chi connectivity index (χ0) is 14.2. The van der Waals surface area contributed by atoms with Crippen LogP contribution in [0.15, 0.2) is 30.3 Å². The van der Waals surface area contributed by atoms with Gasteiger partial charge >= 0.3 is 5.97 Å². The third-order valence-electron chi connectivity index (χ3n) is 3.96. The van der Waals surface area contributed by atoms with Crippen LogP contribution in [-0.2, 0) is 0 Å². The fourth-order valence-corrected chi connectivity index (χ4v) is 2.58. The van der Waals surface area contributed by atoms with E-state index in [-0.39, 0.29) is 17.8 Å². The van der Waals surface area contributed by atoms with Crippen molar-refractivity contribution in [2.24, 2.45) is 0 Å². The van der Waals surface area contributed by atoms with Crippen molar-refractivity contribution in [3.05, 3.63) is 36.0 Å². The Kier molecular flexibility index (Phi) is 3.06. The van der Waals surface area contributed by atoms with Gasteiger partial charge in [0.1, 0.15) is 5.82 Å². The lowest BCUT2D eigenvalue weighted by Gasteiger charge is -2.41. The number of aromatic nitrogens is 1. The van der Waals surface area contributed by atoms with Gasteiger partial charge in [-0.25, -0.2) is 9.78 Å². The van der Waals surface area contributed by atoms with Crippen LogP contribution in [0.2, 0.25) is 0 Å². The second kappa shape index (κ2) is 4.76. The molecular weight excluding hydrogens is 256 g/mol. The molecule has 1 fully saturated rings. The third-order valence-corrected chi connectivity index (χ3v) is 3.96. The number of rotatable bonds is 4. The highest BCUT2D eigenvalue weighted by Gasteiger charge is 2.37. The zero-order valence-electron chi connectivity index (χ0n) is 11.0. The summed E-state index contributed by atoms with van der Waals surface area (Å²) in [7, 11) is 0. The molecule has 3 N–H and O–H groups in total. The molecule has 1 heterocycles. The number of hydrogen-bond acceptors (Lipinski definition) is 4. The van der Waals surface area contributed by atoms with Crippen LogP contribution >= 0.6 is 0 Å². The molecule has 0 saturated heterocycles. The minimum Gasteiger partial charge on any atom is -0.477 e. The molecule has 0 atom stereocenters. The number of aromatic carboxylic acids is 1. The number of carbonyl (C=O) groups is 1. The summed E-state index contributed by atoms with van der Waals surface area (Å²) in [5.41, 5.74) is -0.342. The number of nitrogens with zero attached hydrogens (tertiary/aromatic N) is 1. The first-order valence-electron chi connectivity index (χ1n) is 6.66. The van der Waals surface area contributed by atoms with E-state index in [1.807, 2.05) is 24.3 Å². The highest BCUT2D eigenvalue weighted by molar-refractivity contribution is 5.97. The Morgan fingerprint density at radius 1 is 1.35 bits per heavy atom. The number of hydrogen-bond donors (Lipinski definition) is 3. The van der Waals surface area contributed by atoms with E-state index < -0.39 is 5.97 Å². The monoisotopic (exact) mass is 272 g/mol. The predicted octanol–water partition coefficient (Wildman–Crippen LogP) is 2.26. The summed E-state index contributed by atoms with van der Waals surface area (Å²) in [5, 5.41) is 23.7. The van der Waals surface area contributed by atoms with Crippen LogP contribution < -0.4 is 5.32 Å². The van der Waals surface area contributed by atoms with Gasteiger partial charge in [-0.1, -0.05) is 24.3 Å². The van der Waals surface area contributed by atoms with E-state index in [1.54, 1.807) is 6.07 Å². The lowest BCUT2D eigenvalue weighted by molar-refractivity contribution is 0.0690. The number of nitrogens with one attached hydrogen (secondary N) is 1. The Hall–Kier alpha value is -2.14. The maximum atomic E-state index is 11.2. The minimum absolute atomic E-state index is 0.0126. The fraction of sp³-hybridized carbons (Fsp3) is 0.333. The van der Waals surface area contributed by atoms with Crippen molar-refractivity contribution < 1.29 is 15.0 Å². The number of carboxylic acids is 1. The molecule has 1 aliphatic rings. The third kappa shape index (κ3) is 2.10. The normalized spacial score (nSPS) is 16.6. The van der Waals surface area contributed by atoms with Gasteiger partial charge in [0.15, 0.2) is 5.69 Å². The van der Waals surface area contributed by atoms with Crippen molar-refractivity contribution in [1.82, 2.24) is 4.98 Å². The molecule has 1 saturated carbocycles. The number of anilines is 1. The van der Waals surface area contributed by atoms with Gasteiger partial charge in [0.05, 0.1) is 12.1 Å². The quantitative estimate of drug-likeness (QED) is 0.795. The molecule has 0 unspecified atom stereocenters. The Bertz CT molecular complexity index is 660. The standard InChI is InChI=1S/C15H16N2O3/c18-9-15(6-3-7-15)17-13-11-5-2-1-4-10(11)8-12(16-13)14(19)20/h1-2,4-5,8,18H,3,6-7,9H2,(H,16,17)(H,19,20). The number of carboxylic acid groups (broad SMARTS) is 1. The van der Waals surface area contributed by atoms with E-state index in [0.717, 1.165) is 30.0 Å². The highest BCUT2D eigenvalue weighted by atomic mass is 16.4. The van der Waals surface area contributed by atoms with Crippen LogP contribution in [0.25, 0.3) is 10.8 Å². The number of pyridine rings is 1. The molecular formula is C15H16N2O3. The average molecular weight is 272 g/mol. The van der Waals surface area contributed by atoms with Gasteiger partial charge in [0.2, 0.25) is 0 Å². The molecule has 1 aliphatic carbocycles. The molecule has 0 aliphatic heterocycles. The number of aliphatic hydroxyl groups is 1. The van der Waals surface area contributed by atoms with Gasteiger partial charge in [-0.3, -0.25) is 0 Å². The van der Waals surface area contributed by atoms with Crippen molar-refractivity contribution >= 4 is 22.6 Å². The molecule has 1 aromatic heterocycles. The maximum absolute atomic E-state index is 11.2. The average Bonchev–Trinajstić information content (AvgIpc) is 2.42. The van der Waals surface area contributed by atoms with Gasteiger partial charge in [-0.15, -0.1) is 0 Å². The topological polar surface area (TPSA) is 82.5 Å². The predicted molar refractivity (Wildman–Crippen MR) is 76.0 cm³/mol. The largest absolute Gasteiger partial charge is 0.477 e. The minimum atomic E-state index is -1.05. The summed E-state index contributed by atoms with van der Waals surface area (Å²) in [6.07, 6.45) is 2.80. The number of fused-ring (bicyclic) bond motifs is 1. The second-order valence-corrected chi connectivity index (χ2v) is 5.30. The Morgan fingerprint density at radius 2 is 2.10 bits per heavy atom. The van der Waals surface area contributed by atoms with Crippen LogP contribution in [0.1, 0.15) is 29.8 Å². The van der Waals surface area contributed by atoms with Crippen molar-refractivity contribution in [2.75, 3.05) is 11.9 Å². The second-order valence-electron chi connectivity index (χ2n) is 5.30. The molecule has 0 spiro atoms. The lowest BCUT2D eigenvalue weighted by Crippen LogP contribution is -2.48. The highest BCUT2D eigenvalue weighted by Crippen LogP contribution is 2.36. The summed E-state index contributed by atoms with van der Waals surface area (Å²) in [5.74, 6) is -0.514. The number of aliphatic hydroxyl groups excluding tert-OH is 1. The summed E-state index contributed by atoms with van der Waals surface area (Å²) in [6, 6.07) is 9.08. The molecule has 5 nitrogen and oxygen atoms in total. The number of benzene rings is 1. The molecule has 3 rings (SSSR count). The maximum Gasteiger partial charge on any atom is 0.354 e. The zero-order valence-corrected chi connectivity index (χ0v) is 11.0. The van der Waals surface area contributed by atoms with Crippen LogP contribution in [-0.4, -0.2) is 33.3 Å². The van der Waals surface area contributed by atoms with E-state index in [0.29, 0.717) is 5.82 Å². The lowest BCUT2D eigenvalue weighted by atomic mass is 9.77. The molecule has 1 aromatic carbocycles.